The van der Waals surface area contributed by atoms with Crippen LogP contribution >= 0.6 is 15.9 Å². The van der Waals surface area contributed by atoms with E-state index in [0.717, 1.165) is 6.42 Å². The van der Waals surface area contributed by atoms with E-state index < -0.39 is 6.04 Å². The first kappa shape index (κ1) is 22.7. The van der Waals surface area contributed by atoms with E-state index in [9.17, 15) is 14.4 Å². The van der Waals surface area contributed by atoms with Crippen LogP contribution in [0.2, 0.25) is 0 Å². The summed E-state index contributed by atoms with van der Waals surface area (Å²) in [5.41, 5.74) is 7.39. The highest BCUT2D eigenvalue weighted by atomic mass is 79.9. The molecule has 1 atom stereocenters. The average Bonchev–Trinajstić information content (AvgIpc) is 3.22. The standard InChI is InChI=1S/C21H25BrN6O3/c1-13(29)20(23)14-8-10-27(2)12-15(14)24-11-19(30)28-9-4-5-16(28)21(31)26-18-7-3-6-17(22)25-18/h3,6-8,10,16H,4-5,9,11-12,23H2,1-2H3,(H,25,26,31)/p+1/b20-14-,24-15?/t16-/m0/s1. The maximum Gasteiger partial charge on any atom is 0.288 e. The van der Waals surface area contributed by atoms with Crippen molar-refractivity contribution in [2.45, 2.75) is 25.8 Å². The monoisotopic (exact) mass is 489 g/mol. The average molecular weight is 490 g/mol. The van der Waals surface area contributed by atoms with Gasteiger partial charge in [0, 0.05) is 26.7 Å². The molecule has 0 aromatic carbocycles. The number of hydrogen-bond donors (Lipinski definition) is 3. The minimum Gasteiger partial charge on any atom is -0.395 e. The first-order chi connectivity index (χ1) is 14.8. The number of nitrogens with one attached hydrogen (secondary N) is 2. The number of pyridine rings is 1. The second kappa shape index (κ2) is 9.86. The minimum absolute atomic E-state index is 0.00458. The molecule has 0 spiro atoms. The van der Waals surface area contributed by atoms with Crippen molar-refractivity contribution in [3.05, 3.63) is 46.3 Å². The molecule has 1 aromatic heterocycles. The highest BCUT2D eigenvalue weighted by Gasteiger charge is 2.35. The molecule has 2 amide bonds. The lowest BCUT2D eigenvalue weighted by Gasteiger charge is -2.23. The summed E-state index contributed by atoms with van der Waals surface area (Å²) in [7, 11) is 1.89. The summed E-state index contributed by atoms with van der Waals surface area (Å²) in [6.45, 7) is 2.42. The lowest BCUT2D eigenvalue weighted by Crippen LogP contribution is -2.78. The molecule has 2 aliphatic heterocycles. The van der Waals surface area contributed by atoms with Crippen LogP contribution in [-0.2, 0) is 14.4 Å². The number of carbonyl (C=O) groups excluding carboxylic acids is 3. The fourth-order valence-corrected chi connectivity index (χ4v) is 3.94. The fourth-order valence-electron chi connectivity index (χ4n) is 3.59. The molecule has 1 aromatic rings. The molecule has 0 bridgehead atoms. The summed E-state index contributed by atoms with van der Waals surface area (Å²) in [5.74, 6) is -0.248. The van der Waals surface area contributed by atoms with Crippen molar-refractivity contribution in [2.75, 3.05) is 32.0 Å². The van der Waals surface area contributed by atoms with Crippen molar-refractivity contribution in [1.82, 2.24) is 14.8 Å². The summed E-state index contributed by atoms with van der Waals surface area (Å²) >= 11 is 3.28. The van der Waals surface area contributed by atoms with E-state index in [-0.39, 0.29) is 29.8 Å². The predicted molar refractivity (Wildman–Crippen MR) is 120 cm³/mol. The van der Waals surface area contributed by atoms with Gasteiger partial charge in [0.15, 0.2) is 5.78 Å². The summed E-state index contributed by atoms with van der Waals surface area (Å²) in [6.07, 6.45) is 4.93. The lowest BCUT2D eigenvalue weighted by atomic mass is 10.0. The highest BCUT2D eigenvalue weighted by Crippen LogP contribution is 2.19. The number of carbonyl (C=O) groups is 3. The third-order valence-electron chi connectivity index (χ3n) is 5.19. The van der Waals surface area contributed by atoms with Gasteiger partial charge in [-0.25, -0.2) is 9.98 Å². The molecule has 31 heavy (non-hydrogen) atoms. The Morgan fingerprint density at radius 1 is 1.35 bits per heavy atom. The van der Waals surface area contributed by atoms with Gasteiger partial charge in [-0.3, -0.25) is 14.4 Å². The molecular weight excluding hydrogens is 464 g/mol. The summed E-state index contributed by atoms with van der Waals surface area (Å²) in [6, 6.07) is 4.69. The quantitative estimate of drug-likeness (QED) is 0.380. The molecule has 164 valence electrons. The third kappa shape index (κ3) is 5.57. The van der Waals surface area contributed by atoms with Crippen LogP contribution in [0.3, 0.4) is 0 Å². The zero-order valence-corrected chi connectivity index (χ0v) is 19.1. The van der Waals surface area contributed by atoms with Gasteiger partial charge in [0.2, 0.25) is 18.2 Å². The smallest absolute Gasteiger partial charge is 0.288 e. The van der Waals surface area contributed by atoms with Crippen LogP contribution in [0.1, 0.15) is 19.8 Å². The van der Waals surface area contributed by atoms with Gasteiger partial charge in [-0.05, 0) is 47.0 Å². The van der Waals surface area contributed by atoms with Gasteiger partial charge in [-0.15, -0.1) is 0 Å². The number of ketones is 1. The molecule has 2 aliphatic rings. The van der Waals surface area contributed by atoms with Crippen LogP contribution in [0, 0.1) is 0 Å². The van der Waals surface area contributed by atoms with E-state index in [2.05, 4.69) is 31.2 Å². The van der Waals surface area contributed by atoms with E-state index in [1.807, 2.05) is 18.1 Å². The van der Waals surface area contributed by atoms with Gasteiger partial charge in [-0.2, -0.15) is 0 Å². The second-order valence-corrected chi connectivity index (χ2v) is 8.34. The van der Waals surface area contributed by atoms with E-state index in [4.69, 9.17) is 5.73 Å². The highest BCUT2D eigenvalue weighted by molar-refractivity contribution is 9.10. The van der Waals surface area contributed by atoms with Crippen LogP contribution in [-0.4, -0.2) is 70.8 Å². The molecule has 0 aliphatic carbocycles. The number of halogens is 1. The van der Waals surface area contributed by atoms with E-state index in [0.29, 0.717) is 41.2 Å². The molecule has 0 unspecified atom stereocenters. The lowest BCUT2D eigenvalue weighted by molar-refractivity contribution is -0.446. The minimum atomic E-state index is -0.550. The first-order valence-corrected chi connectivity index (χ1v) is 10.8. The maximum atomic E-state index is 12.9. The molecule has 10 heteroatoms. The molecule has 3 rings (SSSR count). The Hall–Kier alpha value is -3.01. The second-order valence-electron chi connectivity index (χ2n) is 7.53. The van der Waals surface area contributed by atoms with Gasteiger partial charge in [-0.1, -0.05) is 6.07 Å². The zero-order chi connectivity index (χ0) is 22.5. The third-order valence-corrected chi connectivity index (χ3v) is 5.63. The molecule has 1 fully saturated rings. The van der Waals surface area contributed by atoms with Crippen molar-refractivity contribution in [3.8, 4) is 0 Å². The van der Waals surface area contributed by atoms with Gasteiger partial charge in [0.25, 0.3) is 5.91 Å². The molecule has 0 radical (unpaired) electrons. The number of anilines is 1. The maximum absolute atomic E-state index is 12.9. The Morgan fingerprint density at radius 2 is 2.13 bits per heavy atom. The topological polar surface area (TPSA) is 123 Å². The Bertz CT molecular complexity index is 987. The number of aromatic nitrogens is 1. The first-order valence-electron chi connectivity index (χ1n) is 9.98. The van der Waals surface area contributed by atoms with Crippen LogP contribution in [0.15, 0.2) is 46.3 Å². The van der Waals surface area contributed by atoms with Crippen molar-refractivity contribution in [2.24, 2.45) is 5.73 Å². The van der Waals surface area contributed by atoms with Gasteiger partial charge in [0.1, 0.15) is 23.0 Å². The summed E-state index contributed by atoms with van der Waals surface area (Å²) in [4.78, 5) is 48.2. The van der Waals surface area contributed by atoms with Crippen molar-refractivity contribution >= 4 is 45.1 Å². The Morgan fingerprint density at radius 3 is 2.84 bits per heavy atom. The van der Waals surface area contributed by atoms with Crippen LogP contribution < -0.4 is 16.0 Å². The number of Topliss-reactive ketones (excluding diaryl/α,β-unsaturated/α-hetero) is 1. The Kier molecular flexibility index (Phi) is 7.21. The van der Waals surface area contributed by atoms with Crippen molar-refractivity contribution in [1.29, 1.82) is 0 Å². The SMILES string of the molecule is CC(=O)/C(N)=C1\C=CN(C)CC1=[NH+]CC(=O)N1CCC[C@H]1C(=O)Nc1cccc(Br)n1. The zero-order valence-electron chi connectivity index (χ0n) is 17.5. The molecular formula is C21H26BrN6O3+. The van der Waals surface area contributed by atoms with E-state index in [1.165, 1.54) is 6.92 Å². The van der Waals surface area contributed by atoms with E-state index in [1.54, 1.807) is 29.2 Å². The number of nitrogens with two attached hydrogens (primary N) is 1. The molecule has 3 heterocycles. The van der Waals surface area contributed by atoms with Gasteiger partial charge >= 0.3 is 0 Å². The number of rotatable bonds is 5. The molecule has 4 N–H and O–H groups in total. The number of amides is 2. The van der Waals surface area contributed by atoms with Crippen LogP contribution in [0.5, 0.6) is 0 Å². The van der Waals surface area contributed by atoms with E-state index >= 15 is 0 Å². The van der Waals surface area contributed by atoms with Gasteiger partial charge in [0.05, 0.1) is 11.3 Å². The van der Waals surface area contributed by atoms with Gasteiger partial charge < -0.3 is 20.9 Å². The molecule has 9 nitrogen and oxygen atoms in total. The van der Waals surface area contributed by atoms with Crippen LogP contribution in [0.4, 0.5) is 5.82 Å². The Labute approximate surface area is 189 Å². The number of likely N-dealkylation sites (tertiary alicyclic amines) is 1. The largest absolute Gasteiger partial charge is 0.395 e. The summed E-state index contributed by atoms with van der Waals surface area (Å²) in [5, 5.41) is 2.78. The Balaban J connectivity index is 1.71. The normalized spacial score (nSPS) is 21.4. The predicted octanol–water partition coefficient (Wildman–Crippen LogP) is -0.444. The summed E-state index contributed by atoms with van der Waals surface area (Å²) < 4.78 is 0.617. The molecule has 0 saturated carbocycles. The number of hydrogen-bond acceptors (Lipinski definition) is 6. The fraction of sp³-hybridized carbons (Fsp3) is 0.381. The van der Waals surface area contributed by atoms with Crippen molar-refractivity contribution in [3.63, 3.8) is 0 Å². The number of allylic oxidation sites excluding steroid dienone is 2. The molecule has 1 saturated heterocycles. The van der Waals surface area contributed by atoms with Crippen LogP contribution in [0.25, 0.3) is 0 Å². The van der Waals surface area contributed by atoms with Crippen molar-refractivity contribution < 1.29 is 19.4 Å². The number of nitrogens with zero attached hydrogens (tertiary/aromatic N) is 3.